The van der Waals surface area contributed by atoms with Gasteiger partial charge < -0.3 is 24.3 Å². The van der Waals surface area contributed by atoms with E-state index in [9.17, 15) is 4.79 Å². The first kappa shape index (κ1) is 25.3. The standard InChI is InChI=1S/C32H31N5O3/c1-21-10-8-11-23(16-21)30-29-14-9-15-35(29)31-28(22(2)34-37(31)25-12-6-5-7-13-25)20-36(30)32(38)33-24-17-26(39-3)19-27(18-24)40-4/h5-19,30H,20H2,1-4H3,(H,33,38). The number of amides is 2. The fraction of sp³-hybridized carbons (Fsp3) is 0.188. The topological polar surface area (TPSA) is 73.5 Å². The average molecular weight is 534 g/mol. The lowest BCUT2D eigenvalue weighted by atomic mass is 10.00. The lowest BCUT2D eigenvalue weighted by molar-refractivity contribution is 0.194. The third-order valence-electron chi connectivity index (χ3n) is 7.31. The Bertz CT molecular complexity index is 1670. The molecule has 3 aromatic carbocycles. The summed E-state index contributed by atoms with van der Waals surface area (Å²) >= 11 is 0. The van der Waals surface area contributed by atoms with Gasteiger partial charge in [-0.15, -0.1) is 0 Å². The van der Waals surface area contributed by atoms with Crippen LogP contribution in [-0.2, 0) is 6.54 Å². The lowest BCUT2D eigenvalue weighted by Crippen LogP contribution is -2.38. The number of para-hydroxylation sites is 1. The van der Waals surface area contributed by atoms with Gasteiger partial charge in [0.05, 0.1) is 43.9 Å². The summed E-state index contributed by atoms with van der Waals surface area (Å²) in [5.74, 6) is 2.12. The Labute approximate surface area is 233 Å². The van der Waals surface area contributed by atoms with E-state index in [1.807, 2.05) is 65.2 Å². The quantitative estimate of drug-likeness (QED) is 0.282. The van der Waals surface area contributed by atoms with E-state index in [4.69, 9.17) is 14.6 Å². The summed E-state index contributed by atoms with van der Waals surface area (Å²) in [6.45, 7) is 4.43. The Morgan fingerprint density at radius 1 is 0.900 bits per heavy atom. The minimum atomic E-state index is -0.349. The van der Waals surface area contributed by atoms with Crippen LogP contribution in [0.15, 0.2) is 91.1 Å². The highest BCUT2D eigenvalue weighted by Gasteiger charge is 2.36. The Morgan fingerprint density at radius 3 is 2.35 bits per heavy atom. The second-order valence-electron chi connectivity index (χ2n) is 9.91. The smallest absolute Gasteiger partial charge is 0.322 e. The number of nitrogens with zero attached hydrogens (tertiary/aromatic N) is 4. The van der Waals surface area contributed by atoms with Gasteiger partial charge in [-0.05, 0) is 43.7 Å². The average Bonchev–Trinajstić information content (AvgIpc) is 3.53. The third kappa shape index (κ3) is 4.47. The summed E-state index contributed by atoms with van der Waals surface area (Å²) in [6.07, 6.45) is 2.05. The normalized spacial score (nSPS) is 14.2. The van der Waals surface area contributed by atoms with Crippen molar-refractivity contribution in [2.45, 2.75) is 26.4 Å². The molecule has 8 heteroatoms. The molecule has 8 nitrogen and oxygen atoms in total. The van der Waals surface area contributed by atoms with E-state index in [1.54, 1.807) is 32.4 Å². The number of aromatic nitrogens is 3. The van der Waals surface area contributed by atoms with Gasteiger partial charge in [0.15, 0.2) is 0 Å². The molecule has 0 aliphatic carbocycles. The monoisotopic (exact) mass is 533 g/mol. The Morgan fingerprint density at radius 2 is 1.65 bits per heavy atom. The number of aryl methyl sites for hydroxylation is 2. The van der Waals surface area contributed by atoms with Crippen molar-refractivity contribution in [1.29, 1.82) is 0 Å². The first-order valence-electron chi connectivity index (χ1n) is 13.2. The van der Waals surface area contributed by atoms with Gasteiger partial charge in [0.1, 0.15) is 17.3 Å². The fourth-order valence-corrected chi connectivity index (χ4v) is 5.42. The van der Waals surface area contributed by atoms with Crippen molar-refractivity contribution in [3.05, 3.63) is 119 Å². The zero-order chi connectivity index (χ0) is 27.8. The van der Waals surface area contributed by atoms with Crippen LogP contribution in [0.25, 0.3) is 11.5 Å². The number of carbonyl (C=O) groups excluding carboxylic acids is 1. The summed E-state index contributed by atoms with van der Waals surface area (Å²) in [7, 11) is 3.18. The summed E-state index contributed by atoms with van der Waals surface area (Å²) in [5, 5.41) is 8.03. The van der Waals surface area contributed by atoms with Crippen molar-refractivity contribution < 1.29 is 14.3 Å². The van der Waals surface area contributed by atoms with Crippen LogP contribution in [0, 0.1) is 13.8 Å². The number of nitrogens with one attached hydrogen (secondary N) is 1. The highest BCUT2D eigenvalue weighted by molar-refractivity contribution is 5.90. The summed E-state index contributed by atoms with van der Waals surface area (Å²) in [5.41, 5.74) is 6.52. The molecule has 0 radical (unpaired) electrons. The highest BCUT2D eigenvalue weighted by Crippen LogP contribution is 2.39. The van der Waals surface area contributed by atoms with Crippen LogP contribution in [-0.4, -0.2) is 39.5 Å². The Kier molecular flexibility index (Phi) is 6.51. The van der Waals surface area contributed by atoms with Crippen LogP contribution in [0.4, 0.5) is 10.5 Å². The van der Waals surface area contributed by atoms with Crippen LogP contribution >= 0.6 is 0 Å². The molecule has 1 unspecified atom stereocenters. The third-order valence-corrected chi connectivity index (χ3v) is 7.31. The second kappa shape index (κ2) is 10.3. The number of hydrogen-bond donors (Lipinski definition) is 1. The van der Waals surface area contributed by atoms with Crippen molar-refractivity contribution in [2.24, 2.45) is 0 Å². The second-order valence-corrected chi connectivity index (χ2v) is 9.91. The van der Waals surface area contributed by atoms with Crippen molar-refractivity contribution in [3.63, 3.8) is 0 Å². The molecule has 1 aliphatic heterocycles. The van der Waals surface area contributed by atoms with Gasteiger partial charge in [0.2, 0.25) is 0 Å². The van der Waals surface area contributed by atoms with E-state index in [1.165, 1.54) is 0 Å². The number of rotatable bonds is 5. The molecule has 5 aromatic rings. The Hall–Kier alpha value is -4.98. The molecular formula is C32H31N5O3. The SMILES string of the molecule is COc1cc(NC(=O)N2Cc3c(C)nn(-c4ccccc4)c3-n3cccc3C2c2cccc(C)c2)cc(OC)c1. The van der Waals surface area contributed by atoms with Crippen LogP contribution < -0.4 is 14.8 Å². The van der Waals surface area contributed by atoms with Gasteiger partial charge in [0, 0.05) is 35.6 Å². The highest BCUT2D eigenvalue weighted by atomic mass is 16.5. The molecule has 1 N–H and O–H groups in total. The number of hydrogen-bond acceptors (Lipinski definition) is 4. The van der Waals surface area contributed by atoms with Gasteiger partial charge >= 0.3 is 6.03 Å². The number of ether oxygens (including phenoxy) is 2. The van der Waals surface area contributed by atoms with E-state index < -0.39 is 0 Å². The van der Waals surface area contributed by atoms with Crippen molar-refractivity contribution in [2.75, 3.05) is 19.5 Å². The molecular weight excluding hydrogens is 502 g/mol. The number of carbonyl (C=O) groups is 1. The first-order valence-corrected chi connectivity index (χ1v) is 13.2. The van der Waals surface area contributed by atoms with Gasteiger partial charge in [0.25, 0.3) is 0 Å². The molecule has 0 fully saturated rings. The van der Waals surface area contributed by atoms with Crippen LogP contribution in [0.2, 0.25) is 0 Å². The van der Waals surface area contributed by atoms with E-state index in [0.717, 1.165) is 39.6 Å². The van der Waals surface area contributed by atoms with E-state index in [0.29, 0.717) is 23.7 Å². The molecule has 0 spiro atoms. The molecule has 2 amide bonds. The van der Waals surface area contributed by atoms with E-state index >= 15 is 0 Å². The van der Waals surface area contributed by atoms with Crippen LogP contribution in [0.1, 0.15) is 34.1 Å². The Balaban J connectivity index is 1.51. The zero-order valence-electron chi connectivity index (χ0n) is 23.0. The van der Waals surface area contributed by atoms with Crippen molar-refractivity contribution in [3.8, 4) is 23.0 Å². The number of benzene rings is 3. The van der Waals surface area contributed by atoms with Crippen molar-refractivity contribution >= 4 is 11.7 Å². The molecule has 202 valence electrons. The molecule has 0 saturated carbocycles. The molecule has 1 aliphatic rings. The van der Waals surface area contributed by atoms with Gasteiger partial charge in [-0.25, -0.2) is 9.48 Å². The maximum atomic E-state index is 14.2. The summed E-state index contributed by atoms with van der Waals surface area (Å²) < 4.78 is 15.0. The molecule has 1 atom stereocenters. The summed E-state index contributed by atoms with van der Waals surface area (Å²) in [6, 6.07) is 27.3. The fourth-order valence-electron chi connectivity index (χ4n) is 5.42. The molecule has 40 heavy (non-hydrogen) atoms. The van der Waals surface area contributed by atoms with E-state index in [2.05, 4.69) is 41.1 Å². The molecule has 6 rings (SSSR count). The predicted molar refractivity (Wildman–Crippen MR) is 155 cm³/mol. The number of urea groups is 1. The molecule has 0 saturated heterocycles. The van der Waals surface area contributed by atoms with E-state index in [-0.39, 0.29) is 12.1 Å². The number of fused-ring (bicyclic) bond motifs is 3. The van der Waals surface area contributed by atoms with Crippen molar-refractivity contribution in [1.82, 2.24) is 19.2 Å². The summed E-state index contributed by atoms with van der Waals surface area (Å²) in [4.78, 5) is 16.1. The largest absolute Gasteiger partial charge is 0.497 e. The zero-order valence-corrected chi connectivity index (χ0v) is 23.0. The lowest BCUT2D eigenvalue weighted by Gasteiger charge is -2.31. The number of methoxy groups -OCH3 is 2. The molecule has 0 bridgehead atoms. The number of anilines is 1. The van der Waals surface area contributed by atoms with Gasteiger partial charge in [-0.1, -0.05) is 48.0 Å². The predicted octanol–water partition coefficient (Wildman–Crippen LogP) is 6.43. The van der Waals surface area contributed by atoms with Gasteiger partial charge in [-0.3, -0.25) is 0 Å². The minimum absolute atomic E-state index is 0.241. The van der Waals surface area contributed by atoms with Crippen LogP contribution in [0.5, 0.6) is 11.5 Å². The first-order chi connectivity index (χ1) is 19.5. The minimum Gasteiger partial charge on any atom is -0.497 e. The maximum absolute atomic E-state index is 14.2. The maximum Gasteiger partial charge on any atom is 0.322 e. The molecule has 3 heterocycles. The molecule has 2 aromatic heterocycles. The van der Waals surface area contributed by atoms with Gasteiger partial charge in [-0.2, -0.15) is 5.10 Å². The van der Waals surface area contributed by atoms with Crippen LogP contribution in [0.3, 0.4) is 0 Å².